The molecule has 1 fully saturated rings. The van der Waals surface area contributed by atoms with E-state index in [2.05, 4.69) is 0 Å². The Labute approximate surface area is 85.8 Å². The normalized spacial score (nSPS) is 36.6. The Balaban J connectivity index is 2.32. The SMILES string of the molecule is NC1C=CC(C(F)(F)F)=CC1(N)C1CC1. The van der Waals surface area contributed by atoms with Gasteiger partial charge in [0.25, 0.3) is 0 Å². The molecule has 0 aliphatic heterocycles. The van der Waals surface area contributed by atoms with Crippen molar-refractivity contribution in [2.24, 2.45) is 17.4 Å². The number of nitrogens with two attached hydrogens (primary N) is 2. The zero-order valence-electron chi connectivity index (χ0n) is 8.09. The highest BCUT2D eigenvalue weighted by atomic mass is 19.4. The number of hydrogen-bond donors (Lipinski definition) is 2. The monoisotopic (exact) mass is 218 g/mol. The molecule has 2 aliphatic carbocycles. The molecule has 4 N–H and O–H groups in total. The Morgan fingerprint density at radius 3 is 2.40 bits per heavy atom. The van der Waals surface area contributed by atoms with Crippen LogP contribution in [0.4, 0.5) is 13.2 Å². The fourth-order valence-corrected chi connectivity index (χ4v) is 1.94. The molecule has 1 saturated carbocycles. The molecule has 15 heavy (non-hydrogen) atoms. The first kappa shape index (κ1) is 10.7. The summed E-state index contributed by atoms with van der Waals surface area (Å²) in [4.78, 5) is 0. The van der Waals surface area contributed by atoms with Gasteiger partial charge in [0, 0.05) is 6.04 Å². The maximum Gasteiger partial charge on any atom is 0.416 e. The Bertz CT molecular complexity index is 328. The summed E-state index contributed by atoms with van der Waals surface area (Å²) in [5.41, 5.74) is 9.98. The van der Waals surface area contributed by atoms with Crippen molar-refractivity contribution in [2.45, 2.75) is 30.6 Å². The highest BCUT2D eigenvalue weighted by molar-refractivity contribution is 5.38. The van der Waals surface area contributed by atoms with Crippen LogP contribution in [0, 0.1) is 5.92 Å². The second-order valence-electron chi connectivity index (χ2n) is 4.26. The minimum Gasteiger partial charge on any atom is -0.323 e. The predicted octanol–water partition coefficient (Wildman–Crippen LogP) is 1.48. The third kappa shape index (κ3) is 1.81. The van der Waals surface area contributed by atoms with Crippen LogP contribution in [-0.2, 0) is 0 Å². The molecule has 0 aromatic heterocycles. The first-order valence-corrected chi connectivity index (χ1v) is 4.87. The quantitative estimate of drug-likeness (QED) is 0.700. The van der Waals surface area contributed by atoms with E-state index in [1.807, 2.05) is 0 Å². The lowest BCUT2D eigenvalue weighted by molar-refractivity contribution is -0.0891. The summed E-state index contributed by atoms with van der Waals surface area (Å²) in [7, 11) is 0. The molecule has 0 heterocycles. The third-order valence-corrected chi connectivity index (χ3v) is 3.08. The zero-order valence-corrected chi connectivity index (χ0v) is 8.09. The molecular weight excluding hydrogens is 205 g/mol. The van der Waals surface area contributed by atoms with Gasteiger partial charge in [0.2, 0.25) is 0 Å². The first-order chi connectivity index (χ1) is 6.84. The summed E-state index contributed by atoms with van der Waals surface area (Å²) in [6.07, 6.45) is 0.837. The van der Waals surface area contributed by atoms with Crippen LogP contribution in [0.3, 0.4) is 0 Å². The van der Waals surface area contributed by atoms with Gasteiger partial charge in [0.05, 0.1) is 11.1 Å². The van der Waals surface area contributed by atoms with Crippen molar-refractivity contribution in [3.8, 4) is 0 Å². The molecule has 2 nitrogen and oxygen atoms in total. The summed E-state index contributed by atoms with van der Waals surface area (Å²) >= 11 is 0. The van der Waals surface area contributed by atoms with Crippen LogP contribution in [0.25, 0.3) is 0 Å². The molecule has 0 aromatic carbocycles. The van der Waals surface area contributed by atoms with Crippen molar-refractivity contribution in [1.29, 1.82) is 0 Å². The van der Waals surface area contributed by atoms with Gasteiger partial charge in [-0.25, -0.2) is 0 Å². The van der Waals surface area contributed by atoms with Crippen molar-refractivity contribution in [3.05, 3.63) is 23.8 Å². The van der Waals surface area contributed by atoms with Crippen LogP contribution in [0.5, 0.6) is 0 Å². The van der Waals surface area contributed by atoms with Crippen molar-refractivity contribution in [1.82, 2.24) is 0 Å². The van der Waals surface area contributed by atoms with E-state index in [9.17, 15) is 13.2 Å². The molecule has 84 valence electrons. The number of rotatable bonds is 1. The molecule has 0 bridgehead atoms. The van der Waals surface area contributed by atoms with Crippen LogP contribution < -0.4 is 11.5 Å². The fraction of sp³-hybridized carbons (Fsp3) is 0.600. The average Bonchev–Trinajstić information content (AvgIpc) is 2.90. The number of hydrogen-bond acceptors (Lipinski definition) is 2. The van der Waals surface area contributed by atoms with Crippen LogP contribution in [0.2, 0.25) is 0 Å². The van der Waals surface area contributed by atoms with E-state index < -0.39 is 23.3 Å². The zero-order chi connectivity index (χ0) is 11.3. The standard InChI is InChI=1S/C10H13F3N2/c11-10(12,13)7-3-4-8(14)9(15,5-7)6-1-2-6/h3-6,8H,1-2,14-15H2. The Hall–Kier alpha value is -0.810. The average molecular weight is 218 g/mol. The third-order valence-electron chi connectivity index (χ3n) is 3.08. The van der Waals surface area contributed by atoms with E-state index in [-0.39, 0.29) is 5.92 Å². The van der Waals surface area contributed by atoms with Gasteiger partial charge in [-0.2, -0.15) is 13.2 Å². The molecule has 2 rings (SSSR count). The molecule has 2 unspecified atom stereocenters. The van der Waals surface area contributed by atoms with Crippen LogP contribution in [0.1, 0.15) is 12.8 Å². The van der Waals surface area contributed by atoms with Crippen molar-refractivity contribution in [2.75, 3.05) is 0 Å². The fourth-order valence-electron chi connectivity index (χ4n) is 1.94. The molecule has 0 amide bonds. The maximum absolute atomic E-state index is 12.5. The van der Waals surface area contributed by atoms with E-state index >= 15 is 0 Å². The second-order valence-corrected chi connectivity index (χ2v) is 4.26. The Morgan fingerprint density at radius 2 is 1.93 bits per heavy atom. The summed E-state index contributed by atoms with van der Waals surface area (Å²) in [5, 5.41) is 0. The molecule has 5 heteroatoms. The van der Waals surface area contributed by atoms with Gasteiger partial charge < -0.3 is 11.5 Å². The Kier molecular flexibility index (Phi) is 2.20. The lowest BCUT2D eigenvalue weighted by atomic mass is 9.81. The largest absolute Gasteiger partial charge is 0.416 e. The lowest BCUT2D eigenvalue weighted by Gasteiger charge is -2.34. The molecule has 0 spiro atoms. The van der Waals surface area contributed by atoms with E-state index in [1.165, 1.54) is 6.08 Å². The summed E-state index contributed by atoms with van der Waals surface area (Å²) in [6.45, 7) is 0. The van der Waals surface area contributed by atoms with E-state index in [1.54, 1.807) is 0 Å². The van der Waals surface area contributed by atoms with E-state index in [0.29, 0.717) is 0 Å². The van der Waals surface area contributed by atoms with Crippen LogP contribution in [0.15, 0.2) is 23.8 Å². The van der Waals surface area contributed by atoms with Gasteiger partial charge in [0.15, 0.2) is 0 Å². The molecule has 0 saturated heterocycles. The Morgan fingerprint density at radius 1 is 1.33 bits per heavy atom. The van der Waals surface area contributed by atoms with Gasteiger partial charge in [-0.3, -0.25) is 0 Å². The van der Waals surface area contributed by atoms with Crippen molar-refractivity contribution in [3.63, 3.8) is 0 Å². The topological polar surface area (TPSA) is 52.0 Å². The van der Waals surface area contributed by atoms with Crippen molar-refractivity contribution < 1.29 is 13.2 Å². The van der Waals surface area contributed by atoms with E-state index in [4.69, 9.17) is 11.5 Å². The predicted molar refractivity (Wildman–Crippen MR) is 50.9 cm³/mol. The number of allylic oxidation sites excluding steroid dienone is 2. The number of halogens is 3. The maximum atomic E-state index is 12.5. The molecule has 0 radical (unpaired) electrons. The summed E-state index contributed by atoms with van der Waals surface area (Å²) in [6, 6.07) is -0.518. The van der Waals surface area contributed by atoms with Gasteiger partial charge >= 0.3 is 6.18 Å². The molecule has 2 atom stereocenters. The minimum absolute atomic E-state index is 0.0924. The first-order valence-electron chi connectivity index (χ1n) is 4.87. The van der Waals surface area contributed by atoms with Crippen molar-refractivity contribution >= 4 is 0 Å². The van der Waals surface area contributed by atoms with Gasteiger partial charge in [-0.05, 0) is 18.8 Å². The van der Waals surface area contributed by atoms with E-state index in [0.717, 1.165) is 25.0 Å². The molecular formula is C10H13F3N2. The van der Waals surface area contributed by atoms with Crippen LogP contribution >= 0.6 is 0 Å². The van der Waals surface area contributed by atoms with Gasteiger partial charge in [-0.1, -0.05) is 18.2 Å². The smallest absolute Gasteiger partial charge is 0.323 e. The highest BCUT2D eigenvalue weighted by Crippen LogP contribution is 2.44. The second kappa shape index (κ2) is 3.09. The van der Waals surface area contributed by atoms with Gasteiger partial charge in [-0.15, -0.1) is 0 Å². The van der Waals surface area contributed by atoms with Crippen LogP contribution in [-0.4, -0.2) is 17.8 Å². The van der Waals surface area contributed by atoms with Gasteiger partial charge in [0.1, 0.15) is 0 Å². The lowest BCUT2D eigenvalue weighted by Crippen LogP contribution is -2.56. The highest BCUT2D eigenvalue weighted by Gasteiger charge is 2.48. The molecule has 2 aliphatic rings. The summed E-state index contributed by atoms with van der Waals surface area (Å²) in [5.74, 6) is 0.0924. The minimum atomic E-state index is -4.34. The number of alkyl halides is 3. The molecule has 0 aromatic rings. The summed E-state index contributed by atoms with van der Waals surface area (Å²) < 4.78 is 37.4.